The van der Waals surface area contributed by atoms with Gasteiger partial charge in [0.2, 0.25) is 0 Å². The second-order valence-electron chi connectivity index (χ2n) is 0.602. The molecule has 11 heavy (non-hydrogen) atoms. The second-order valence-corrected chi connectivity index (χ2v) is 1.36. The molecule has 56 valence electrons. The van der Waals surface area contributed by atoms with Crippen LogP contribution in [-0.4, -0.2) is 5.09 Å². The van der Waals surface area contributed by atoms with Gasteiger partial charge in [-0.3, -0.25) is 0 Å². The van der Waals surface area contributed by atoms with E-state index in [0.29, 0.717) is 0 Å². The van der Waals surface area contributed by atoms with Gasteiger partial charge in [-0.1, -0.05) is 0 Å². The fourth-order valence-electron chi connectivity index (χ4n) is 0. The van der Waals surface area contributed by atoms with Crippen LogP contribution in [0.4, 0.5) is 0 Å². The second kappa shape index (κ2) is 12.6. The summed E-state index contributed by atoms with van der Waals surface area (Å²) in [6.45, 7) is 0. The molecule has 0 heterocycles. The Balaban J connectivity index is -0.0000000383. The number of halogens is 1. The van der Waals surface area contributed by atoms with Gasteiger partial charge in [0.05, 0.1) is 5.09 Å². The molecular weight excluding hydrogens is 240 g/mol. The molecule has 0 spiro atoms. The molecule has 0 N–H and O–H groups in total. The number of nitrogens with zero attached hydrogens (tertiary/aromatic N) is 1. The summed E-state index contributed by atoms with van der Waals surface area (Å²) in [5.41, 5.74) is 0. The van der Waals surface area contributed by atoms with Gasteiger partial charge in [-0.05, 0) is 0 Å². The van der Waals surface area contributed by atoms with Gasteiger partial charge in [-0.2, -0.15) is 0 Å². The molecule has 0 rings (SSSR count). The molecule has 0 unspecified atom stereocenters. The minimum Gasteiger partial charge on any atom is -0.356 e. The van der Waals surface area contributed by atoms with E-state index in [1.165, 1.54) is 0 Å². The van der Waals surface area contributed by atoms with Gasteiger partial charge < -0.3 is 15.3 Å². The molecule has 0 radical (unpaired) electrons. The largest absolute Gasteiger partial charge is 1.00 e. The molecule has 0 saturated heterocycles. The SMILES string of the molecule is O=[N+]([O-])[O-].[K+].[K+].[O-][Cl+3]([O-])([O-])[O-]. The Bertz CT molecular complexity index is 78.9. The van der Waals surface area contributed by atoms with E-state index < -0.39 is 15.3 Å². The van der Waals surface area contributed by atoms with Crippen molar-refractivity contribution in [3.8, 4) is 0 Å². The minimum absolute atomic E-state index is 0. The van der Waals surface area contributed by atoms with Crippen molar-refractivity contribution in [3.63, 3.8) is 0 Å². The topological polar surface area (TPSA) is 158 Å². The Morgan fingerprint density at radius 3 is 0.909 bits per heavy atom. The van der Waals surface area contributed by atoms with Crippen LogP contribution in [0.3, 0.4) is 0 Å². The van der Waals surface area contributed by atoms with Crippen LogP contribution in [0.5, 0.6) is 0 Å². The zero-order valence-electron chi connectivity index (χ0n) is 5.68. The Labute approximate surface area is 148 Å². The van der Waals surface area contributed by atoms with Crippen LogP contribution < -0.4 is 121 Å². The molecule has 0 bridgehead atoms. The summed E-state index contributed by atoms with van der Waals surface area (Å²) in [7, 11) is -4.94. The van der Waals surface area contributed by atoms with Crippen LogP contribution in [0, 0.1) is 25.6 Å². The summed E-state index contributed by atoms with van der Waals surface area (Å²) in [5.74, 6) is 0. The van der Waals surface area contributed by atoms with Crippen molar-refractivity contribution in [3.05, 3.63) is 15.3 Å². The maximum atomic E-state index is 8.49. The van der Waals surface area contributed by atoms with Crippen molar-refractivity contribution in [2.75, 3.05) is 0 Å². The summed E-state index contributed by atoms with van der Waals surface area (Å²) in [4.78, 5) is 8.25. The number of rotatable bonds is 0. The van der Waals surface area contributed by atoms with Crippen molar-refractivity contribution in [2.24, 2.45) is 0 Å². The van der Waals surface area contributed by atoms with Gasteiger partial charge in [-0.25, -0.2) is 18.6 Å². The van der Waals surface area contributed by atoms with E-state index in [2.05, 4.69) is 0 Å². The molecule has 11 heteroatoms. The monoisotopic (exact) mass is 239 g/mol. The summed E-state index contributed by atoms with van der Waals surface area (Å²) in [6.07, 6.45) is 0. The normalized spacial score (nSPS) is 7.64. The molecule has 0 saturated carbocycles. The van der Waals surface area contributed by atoms with Crippen molar-refractivity contribution < 1.29 is 137 Å². The summed E-state index contributed by atoms with van der Waals surface area (Å²) < 4.78 is 34.0. The van der Waals surface area contributed by atoms with Crippen molar-refractivity contribution >= 4 is 0 Å². The Morgan fingerprint density at radius 1 is 0.909 bits per heavy atom. The first kappa shape index (κ1) is 23.4. The van der Waals surface area contributed by atoms with Crippen LogP contribution in [-0.2, 0) is 0 Å². The first-order valence-corrected chi connectivity index (χ1v) is 2.40. The van der Waals surface area contributed by atoms with E-state index >= 15 is 0 Å². The van der Waals surface area contributed by atoms with Crippen molar-refractivity contribution in [1.29, 1.82) is 0 Å². The number of hydrogen-bond donors (Lipinski definition) is 0. The van der Waals surface area contributed by atoms with Crippen LogP contribution in [0.1, 0.15) is 0 Å². The third kappa shape index (κ3) is 209. The molecule has 0 aliphatic carbocycles. The summed E-state index contributed by atoms with van der Waals surface area (Å²) >= 11 is 0. The molecule has 0 amide bonds. The predicted molar refractivity (Wildman–Crippen MR) is 10.4 cm³/mol. The van der Waals surface area contributed by atoms with Gasteiger partial charge in [0, 0.05) is 0 Å². The minimum atomic E-state index is -4.94. The Morgan fingerprint density at radius 2 is 0.909 bits per heavy atom. The molecule has 0 aromatic heterocycles. The number of hydrogen-bond acceptors (Lipinski definition) is 7. The van der Waals surface area contributed by atoms with Gasteiger partial charge >= 0.3 is 103 Å². The van der Waals surface area contributed by atoms with Crippen LogP contribution >= 0.6 is 0 Å². The first-order chi connectivity index (χ1) is 3.73. The van der Waals surface area contributed by atoms with Crippen LogP contribution in [0.2, 0.25) is 0 Å². The molecule has 0 aromatic carbocycles. The van der Waals surface area contributed by atoms with Gasteiger partial charge in [0.15, 0.2) is 0 Å². The first-order valence-electron chi connectivity index (χ1n) is 1.16. The van der Waals surface area contributed by atoms with E-state index in [1.807, 2.05) is 0 Å². The average molecular weight is 240 g/mol. The van der Waals surface area contributed by atoms with Crippen molar-refractivity contribution in [1.82, 2.24) is 0 Å². The molecule has 0 aliphatic rings. The third-order valence-corrected chi connectivity index (χ3v) is 0. The van der Waals surface area contributed by atoms with Crippen LogP contribution in [0.15, 0.2) is 0 Å². The van der Waals surface area contributed by atoms with Gasteiger partial charge in [-0.15, -0.1) is 10.2 Å². The van der Waals surface area contributed by atoms with Crippen molar-refractivity contribution in [2.45, 2.75) is 0 Å². The third-order valence-electron chi connectivity index (χ3n) is 0. The van der Waals surface area contributed by atoms with E-state index in [0.717, 1.165) is 0 Å². The quantitative estimate of drug-likeness (QED) is 0.230. The maximum Gasteiger partial charge on any atom is 1.00 e. The zero-order valence-corrected chi connectivity index (χ0v) is 12.7. The van der Waals surface area contributed by atoms with Gasteiger partial charge in [0.1, 0.15) is 0 Å². The smallest absolute Gasteiger partial charge is 0.356 e. The molecule has 8 nitrogen and oxygen atoms in total. The van der Waals surface area contributed by atoms with E-state index in [-0.39, 0.29) is 103 Å². The Hall–Kier alpha value is 2.60. The molecule has 0 fully saturated rings. The standard InChI is InChI=1S/ClHO4.2K.NO3/c2-1(3,4)5;;;2-1(3)4/h(H,2,3,4,5);;;/q;2*+1;-1/p-1. The zero-order chi connectivity index (χ0) is 8.08. The summed E-state index contributed by atoms with van der Waals surface area (Å²) in [5, 5.41) is 14.8. The fourth-order valence-corrected chi connectivity index (χ4v) is 0. The maximum absolute atomic E-state index is 8.49. The summed E-state index contributed by atoms with van der Waals surface area (Å²) in [6, 6.07) is 0. The molecule has 0 atom stereocenters. The Kier molecular flexibility index (Phi) is 26.8. The van der Waals surface area contributed by atoms with E-state index in [1.54, 1.807) is 0 Å². The average Bonchev–Trinajstić information content (AvgIpc) is 1.19. The predicted octanol–water partition coefficient (Wildman–Crippen LogP) is -11.0. The van der Waals surface area contributed by atoms with Crippen LogP contribution in [0.25, 0.3) is 0 Å². The molecular formula is ClK2NO7. The fraction of sp³-hybridized carbons (Fsp3) is 0. The van der Waals surface area contributed by atoms with E-state index in [4.69, 9.17) is 34.0 Å². The molecule has 0 aliphatic heterocycles. The van der Waals surface area contributed by atoms with E-state index in [9.17, 15) is 0 Å². The molecule has 0 aromatic rings. The van der Waals surface area contributed by atoms with Gasteiger partial charge in [0.25, 0.3) is 0 Å².